The predicted octanol–water partition coefficient (Wildman–Crippen LogP) is -1.37. The van der Waals surface area contributed by atoms with Gasteiger partial charge in [0.2, 0.25) is 0 Å². The summed E-state index contributed by atoms with van der Waals surface area (Å²) in [6.07, 6.45) is 1.24. The van der Waals surface area contributed by atoms with Crippen molar-refractivity contribution in [1.82, 2.24) is 9.55 Å². The van der Waals surface area contributed by atoms with Crippen LogP contribution >= 0.6 is 0 Å². The van der Waals surface area contributed by atoms with E-state index in [2.05, 4.69) is 4.98 Å². The number of rotatable bonds is 4. The topological polar surface area (TPSA) is 124 Å². The van der Waals surface area contributed by atoms with Crippen LogP contribution in [0.4, 0.5) is 5.82 Å². The van der Waals surface area contributed by atoms with Crippen molar-refractivity contribution in [2.75, 3.05) is 5.73 Å². The fourth-order valence-corrected chi connectivity index (χ4v) is 1.12. The van der Waals surface area contributed by atoms with E-state index in [0.29, 0.717) is 0 Å². The van der Waals surface area contributed by atoms with Crippen molar-refractivity contribution in [3.63, 3.8) is 0 Å². The highest BCUT2D eigenvalue weighted by Crippen LogP contribution is 1.94. The molecule has 1 atom stereocenters. The minimum Gasteiger partial charge on any atom is -0.481 e. The number of nitrogens with zero attached hydrogens (tertiary/aromatic N) is 2. The van der Waals surface area contributed by atoms with Gasteiger partial charge in [-0.15, -0.1) is 0 Å². The Bertz CT molecular complexity index is 415. The molecule has 0 spiro atoms. The van der Waals surface area contributed by atoms with Gasteiger partial charge < -0.3 is 16.6 Å². The molecule has 5 N–H and O–H groups in total. The molecule has 1 aromatic rings. The van der Waals surface area contributed by atoms with E-state index in [1.807, 2.05) is 0 Å². The molecule has 1 aromatic heterocycles. The van der Waals surface area contributed by atoms with E-state index < -0.39 is 17.7 Å². The van der Waals surface area contributed by atoms with Gasteiger partial charge in [0.1, 0.15) is 5.82 Å². The molecule has 0 fully saturated rings. The number of carboxylic acid groups (broad SMARTS) is 1. The van der Waals surface area contributed by atoms with Gasteiger partial charge in [-0.05, 0) is 6.07 Å². The Kier molecular flexibility index (Phi) is 3.40. The summed E-state index contributed by atoms with van der Waals surface area (Å²) in [5.41, 5.74) is 10.3. The van der Waals surface area contributed by atoms with Gasteiger partial charge in [-0.2, -0.15) is 4.98 Å². The summed E-state index contributed by atoms with van der Waals surface area (Å²) >= 11 is 0. The molecule has 0 aliphatic rings. The van der Waals surface area contributed by atoms with Crippen molar-refractivity contribution in [3.8, 4) is 0 Å². The van der Waals surface area contributed by atoms with Gasteiger partial charge in [-0.3, -0.25) is 9.36 Å². The first-order valence-corrected chi connectivity index (χ1v) is 4.29. The van der Waals surface area contributed by atoms with E-state index in [1.165, 1.54) is 16.8 Å². The van der Waals surface area contributed by atoms with Crippen molar-refractivity contribution in [2.45, 2.75) is 19.0 Å². The van der Waals surface area contributed by atoms with Crippen LogP contribution < -0.4 is 17.2 Å². The third-order valence-electron chi connectivity index (χ3n) is 1.76. The highest BCUT2D eigenvalue weighted by molar-refractivity contribution is 5.67. The Hall–Kier alpha value is -1.89. The lowest BCUT2D eigenvalue weighted by atomic mass is 10.2. The summed E-state index contributed by atoms with van der Waals surface area (Å²) in [5.74, 6) is -0.873. The Morgan fingerprint density at radius 1 is 1.67 bits per heavy atom. The van der Waals surface area contributed by atoms with E-state index in [1.54, 1.807) is 0 Å². The zero-order chi connectivity index (χ0) is 11.4. The number of carboxylic acids is 1. The normalized spacial score (nSPS) is 12.3. The second-order valence-electron chi connectivity index (χ2n) is 3.15. The quantitative estimate of drug-likeness (QED) is 0.565. The first-order valence-electron chi connectivity index (χ1n) is 4.29. The SMILES string of the molecule is Nc1ccn(CC(N)CC(=O)O)c(=O)n1. The summed E-state index contributed by atoms with van der Waals surface area (Å²) in [5, 5.41) is 8.47. The zero-order valence-corrected chi connectivity index (χ0v) is 7.96. The van der Waals surface area contributed by atoms with Crippen LogP contribution in [0.3, 0.4) is 0 Å². The van der Waals surface area contributed by atoms with Gasteiger partial charge in [0.25, 0.3) is 0 Å². The summed E-state index contributed by atoms with van der Waals surface area (Å²) in [6, 6.07) is 0.833. The molecule has 1 rings (SSSR count). The van der Waals surface area contributed by atoms with Crippen LogP contribution in [0.2, 0.25) is 0 Å². The largest absolute Gasteiger partial charge is 0.481 e. The molecule has 0 saturated heterocycles. The van der Waals surface area contributed by atoms with Crippen LogP contribution in [0.15, 0.2) is 17.1 Å². The van der Waals surface area contributed by atoms with Crippen molar-refractivity contribution < 1.29 is 9.90 Å². The molecule has 0 aromatic carbocycles. The second-order valence-corrected chi connectivity index (χ2v) is 3.15. The summed E-state index contributed by atoms with van der Waals surface area (Å²) in [7, 11) is 0. The van der Waals surface area contributed by atoms with Gasteiger partial charge in [-0.1, -0.05) is 0 Å². The van der Waals surface area contributed by atoms with Crippen molar-refractivity contribution in [3.05, 3.63) is 22.7 Å². The lowest BCUT2D eigenvalue weighted by Crippen LogP contribution is -2.34. The predicted molar refractivity (Wildman–Crippen MR) is 53.1 cm³/mol. The Morgan fingerprint density at radius 2 is 2.33 bits per heavy atom. The lowest BCUT2D eigenvalue weighted by Gasteiger charge is -2.10. The smallest absolute Gasteiger partial charge is 0.349 e. The Labute approximate surface area is 85.3 Å². The fourth-order valence-electron chi connectivity index (χ4n) is 1.12. The van der Waals surface area contributed by atoms with Crippen molar-refractivity contribution in [1.29, 1.82) is 0 Å². The van der Waals surface area contributed by atoms with E-state index in [9.17, 15) is 9.59 Å². The third-order valence-corrected chi connectivity index (χ3v) is 1.76. The van der Waals surface area contributed by atoms with Gasteiger partial charge in [0, 0.05) is 18.8 Å². The standard InChI is InChI=1S/C8H12N4O3/c9-5(3-7(13)14)4-12-2-1-6(10)11-8(12)15/h1-2,5H,3-4,9H2,(H,13,14)(H2,10,11,15). The zero-order valence-electron chi connectivity index (χ0n) is 7.96. The molecule has 7 heteroatoms. The van der Waals surface area contributed by atoms with Gasteiger partial charge in [0.15, 0.2) is 0 Å². The van der Waals surface area contributed by atoms with Crippen molar-refractivity contribution >= 4 is 11.8 Å². The minimum atomic E-state index is -1.00. The number of nitrogens with two attached hydrogens (primary N) is 2. The monoisotopic (exact) mass is 212 g/mol. The highest BCUT2D eigenvalue weighted by Gasteiger charge is 2.09. The number of aromatic nitrogens is 2. The van der Waals surface area contributed by atoms with Gasteiger partial charge >= 0.3 is 11.7 Å². The maximum Gasteiger partial charge on any atom is 0.349 e. The first kappa shape index (κ1) is 11.2. The molecule has 0 bridgehead atoms. The van der Waals surface area contributed by atoms with Crippen LogP contribution in [0.1, 0.15) is 6.42 Å². The summed E-state index contributed by atoms with van der Waals surface area (Å²) < 4.78 is 1.23. The van der Waals surface area contributed by atoms with Crippen LogP contribution in [-0.4, -0.2) is 26.7 Å². The number of nitrogen functional groups attached to an aromatic ring is 1. The number of hydrogen-bond donors (Lipinski definition) is 3. The van der Waals surface area contributed by atoms with E-state index >= 15 is 0 Å². The molecule has 0 aliphatic carbocycles. The van der Waals surface area contributed by atoms with Crippen molar-refractivity contribution in [2.24, 2.45) is 5.73 Å². The molecular formula is C8H12N4O3. The molecular weight excluding hydrogens is 200 g/mol. The van der Waals surface area contributed by atoms with Crippen LogP contribution in [0.5, 0.6) is 0 Å². The number of carbonyl (C=O) groups is 1. The molecule has 0 saturated carbocycles. The molecule has 0 radical (unpaired) electrons. The minimum absolute atomic E-state index is 0.110. The summed E-state index contributed by atoms with van der Waals surface area (Å²) in [6.45, 7) is 0.110. The number of aliphatic carboxylic acids is 1. The molecule has 0 aliphatic heterocycles. The second kappa shape index (κ2) is 4.56. The van der Waals surface area contributed by atoms with E-state index in [4.69, 9.17) is 16.6 Å². The molecule has 1 heterocycles. The first-order chi connectivity index (χ1) is 6.99. The maximum absolute atomic E-state index is 11.2. The molecule has 15 heavy (non-hydrogen) atoms. The lowest BCUT2D eigenvalue weighted by molar-refractivity contribution is -0.137. The molecule has 0 amide bonds. The van der Waals surface area contributed by atoms with Gasteiger partial charge in [-0.25, -0.2) is 4.79 Å². The third kappa shape index (κ3) is 3.39. The number of anilines is 1. The Balaban J connectivity index is 2.72. The van der Waals surface area contributed by atoms with E-state index in [-0.39, 0.29) is 18.8 Å². The van der Waals surface area contributed by atoms with Crippen LogP contribution in [0, 0.1) is 0 Å². The average Bonchev–Trinajstić information content (AvgIpc) is 2.08. The van der Waals surface area contributed by atoms with Crippen LogP contribution in [0.25, 0.3) is 0 Å². The molecule has 1 unspecified atom stereocenters. The Morgan fingerprint density at radius 3 is 2.87 bits per heavy atom. The number of hydrogen-bond acceptors (Lipinski definition) is 5. The fraction of sp³-hybridized carbons (Fsp3) is 0.375. The molecule has 82 valence electrons. The van der Waals surface area contributed by atoms with Gasteiger partial charge in [0.05, 0.1) is 6.42 Å². The van der Waals surface area contributed by atoms with Crippen LogP contribution in [-0.2, 0) is 11.3 Å². The maximum atomic E-state index is 11.2. The molecule has 7 nitrogen and oxygen atoms in total. The van der Waals surface area contributed by atoms with E-state index in [0.717, 1.165) is 0 Å². The average molecular weight is 212 g/mol. The summed E-state index contributed by atoms with van der Waals surface area (Å²) in [4.78, 5) is 25.1. The highest BCUT2D eigenvalue weighted by atomic mass is 16.4.